The van der Waals surface area contributed by atoms with Gasteiger partial charge in [0.1, 0.15) is 5.75 Å². The summed E-state index contributed by atoms with van der Waals surface area (Å²) >= 11 is 0. The maximum atomic E-state index is 12.6. The lowest BCUT2D eigenvalue weighted by Gasteiger charge is -2.43. The van der Waals surface area contributed by atoms with Crippen molar-refractivity contribution in [2.24, 2.45) is 23.5 Å². The van der Waals surface area contributed by atoms with Crippen LogP contribution in [0.3, 0.4) is 0 Å². The lowest BCUT2D eigenvalue weighted by atomic mass is 9.65. The lowest BCUT2D eigenvalue weighted by molar-refractivity contribution is -0.128. The second-order valence-corrected chi connectivity index (χ2v) is 7.69. The minimum atomic E-state index is 0. The minimum Gasteiger partial charge on any atom is -0.491 e. The first kappa shape index (κ1) is 20.1. The van der Waals surface area contributed by atoms with E-state index in [-0.39, 0.29) is 30.3 Å². The molecule has 3 N–H and O–H groups in total. The lowest BCUT2D eigenvalue weighted by Crippen LogP contribution is -2.49. The van der Waals surface area contributed by atoms with Gasteiger partial charge in [-0.3, -0.25) is 4.79 Å². The van der Waals surface area contributed by atoms with Gasteiger partial charge < -0.3 is 15.8 Å². The van der Waals surface area contributed by atoms with E-state index in [0.717, 1.165) is 24.2 Å². The largest absolute Gasteiger partial charge is 0.491 e. The third-order valence-electron chi connectivity index (χ3n) is 5.57. The molecule has 2 fully saturated rings. The Labute approximate surface area is 157 Å². The molecule has 0 spiro atoms. The molecule has 1 aromatic rings. The first-order chi connectivity index (χ1) is 11.5. The van der Waals surface area contributed by atoms with Crippen molar-refractivity contribution in [1.29, 1.82) is 0 Å². The van der Waals surface area contributed by atoms with Gasteiger partial charge in [-0.15, -0.1) is 12.4 Å². The Morgan fingerprint density at radius 3 is 2.52 bits per heavy atom. The molecule has 140 valence electrons. The van der Waals surface area contributed by atoms with Crippen molar-refractivity contribution in [1.82, 2.24) is 5.32 Å². The Morgan fingerprint density at radius 2 is 1.88 bits per heavy atom. The zero-order valence-electron chi connectivity index (χ0n) is 15.2. The average molecular weight is 367 g/mol. The molecule has 0 saturated heterocycles. The second kappa shape index (κ2) is 8.91. The zero-order valence-corrected chi connectivity index (χ0v) is 16.1. The van der Waals surface area contributed by atoms with Crippen LogP contribution in [0.15, 0.2) is 24.3 Å². The molecule has 1 aromatic carbocycles. The quantitative estimate of drug-likeness (QED) is 0.835. The van der Waals surface area contributed by atoms with Gasteiger partial charge in [0.2, 0.25) is 5.91 Å². The van der Waals surface area contributed by atoms with Crippen molar-refractivity contribution in [3.05, 3.63) is 29.8 Å². The summed E-state index contributed by atoms with van der Waals surface area (Å²) in [5.74, 6) is 2.22. The van der Waals surface area contributed by atoms with Crippen molar-refractivity contribution in [2.45, 2.75) is 64.6 Å². The van der Waals surface area contributed by atoms with E-state index in [0.29, 0.717) is 24.4 Å². The van der Waals surface area contributed by atoms with Crippen molar-refractivity contribution < 1.29 is 9.53 Å². The predicted molar refractivity (Wildman–Crippen MR) is 103 cm³/mol. The van der Waals surface area contributed by atoms with Gasteiger partial charge in [0, 0.05) is 24.1 Å². The van der Waals surface area contributed by atoms with Crippen LogP contribution < -0.4 is 15.8 Å². The number of hydrogen-bond donors (Lipinski definition) is 2. The van der Waals surface area contributed by atoms with Crippen LogP contribution in [0.1, 0.15) is 51.5 Å². The molecule has 2 bridgehead atoms. The molecule has 4 nitrogen and oxygen atoms in total. The molecule has 1 amide bonds. The van der Waals surface area contributed by atoms with E-state index in [1.807, 2.05) is 38.1 Å². The average Bonchev–Trinajstić information content (AvgIpc) is 2.53. The van der Waals surface area contributed by atoms with Gasteiger partial charge in [-0.05, 0) is 57.4 Å². The normalized spacial score (nSPS) is 28.2. The van der Waals surface area contributed by atoms with Gasteiger partial charge in [0.25, 0.3) is 0 Å². The van der Waals surface area contributed by atoms with Crippen LogP contribution in [0.5, 0.6) is 5.75 Å². The van der Waals surface area contributed by atoms with Crippen LogP contribution in [-0.2, 0) is 11.3 Å². The highest BCUT2D eigenvalue weighted by atomic mass is 35.5. The van der Waals surface area contributed by atoms with Crippen LogP contribution in [0.2, 0.25) is 0 Å². The Balaban J connectivity index is 0.00000225. The standard InChI is InChI=1S/C20H30N2O2.ClH/c1-13(2)24-18-9-4-3-6-16(18)12-22-20(23)17-10-14-7-5-8-15(11-17)19(14)21;/h3-4,6,9,13-15,17,19H,5,7-8,10-12,21H2,1-2H3,(H,22,23);1H. The minimum absolute atomic E-state index is 0. The molecule has 2 unspecified atom stereocenters. The van der Waals surface area contributed by atoms with Crippen LogP contribution in [0.25, 0.3) is 0 Å². The van der Waals surface area contributed by atoms with E-state index >= 15 is 0 Å². The molecule has 25 heavy (non-hydrogen) atoms. The summed E-state index contributed by atoms with van der Waals surface area (Å²) in [5, 5.41) is 3.13. The molecule has 0 heterocycles. The fourth-order valence-corrected chi connectivity index (χ4v) is 4.35. The summed E-state index contributed by atoms with van der Waals surface area (Å²) in [7, 11) is 0. The Bertz CT molecular complexity index is 565. The fraction of sp³-hybridized carbons (Fsp3) is 0.650. The number of hydrogen-bond acceptors (Lipinski definition) is 3. The highest BCUT2D eigenvalue weighted by Gasteiger charge is 2.40. The molecule has 2 saturated carbocycles. The number of nitrogens with one attached hydrogen (secondary N) is 1. The van der Waals surface area contributed by atoms with Gasteiger partial charge in [0.15, 0.2) is 0 Å². The number of amides is 1. The van der Waals surface area contributed by atoms with Crippen molar-refractivity contribution in [3.63, 3.8) is 0 Å². The van der Waals surface area contributed by atoms with Crippen LogP contribution in [-0.4, -0.2) is 18.1 Å². The third-order valence-corrected chi connectivity index (χ3v) is 5.57. The van der Waals surface area contributed by atoms with Gasteiger partial charge in [-0.2, -0.15) is 0 Å². The second-order valence-electron chi connectivity index (χ2n) is 7.69. The maximum absolute atomic E-state index is 12.6. The third kappa shape index (κ3) is 4.89. The summed E-state index contributed by atoms with van der Waals surface area (Å²) in [6, 6.07) is 8.24. The first-order valence-electron chi connectivity index (χ1n) is 9.32. The van der Waals surface area contributed by atoms with Gasteiger partial charge in [-0.1, -0.05) is 24.6 Å². The maximum Gasteiger partial charge on any atom is 0.223 e. The van der Waals surface area contributed by atoms with E-state index in [1.165, 1.54) is 19.3 Å². The molecule has 2 aliphatic carbocycles. The molecule has 2 atom stereocenters. The molecule has 3 rings (SSSR count). The molecular weight excluding hydrogens is 336 g/mol. The number of halogens is 1. The van der Waals surface area contributed by atoms with Gasteiger partial charge >= 0.3 is 0 Å². The fourth-order valence-electron chi connectivity index (χ4n) is 4.35. The van der Waals surface area contributed by atoms with Crippen molar-refractivity contribution in [3.8, 4) is 5.75 Å². The molecule has 0 radical (unpaired) electrons. The zero-order chi connectivity index (χ0) is 17.1. The number of carbonyl (C=O) groups is 1. The van der Waals surface area contributed by atoms with E-state index in [2.05, 4.69) is 5.32 Å². The predicted octanol–water partition coefficient (Wildman–Crippen LogP) is 3.67. The summed E-state index contributed by atoms with van der Waals surface area (Å²) < 4.78 is 5.83. The number of benzene rings is 1. The highest BCUT2D eigenvalue weighted by molar-refractivity contribution is 5.85. The Kier molecular flexibility index (Phi) is 7.14. The highest BCUT2D eigenvalue weighted by Crippen LogP contribution is 2.41. The van der Waals surface area contributed by atoms with E-state index in [1.54, 1.807) is 0 Å². The Hall–Kier alpha value is -1.26. The number of ether oxygens (including phenoxy) is 1. The van der Waals surface area contributed by atoms with Crippen LogP contribution >= 0.6 is 12.4 Å². The van der Waals surface area contributed by atoms with Gasteiger partial charge in [-0.25, -0.2) is 0 Å². The topological polar surface area (TPSA) is 64.3 Å². The number of rotatable bonds is 5. The van der Waals surface area contributed by atoms with E-state index in [9.17, 15) is 4.79 Å². The molecule has 2 aliphatic rings. The smallest absolute Gasteiger partial charge is 0.223 e. The number of nitrogens with two attached hydrogens (primary N) is 1. The van der Waals surface area contributed by atoms with E-state index < -0.39 is 0 Å². The summed E-state index contributed by atoms with van der Waals surface area (Å²) in [6.07, 6.45) is 5.68. The van der Waals surface area contributed by atoms with Gasteiger partial charge in [0.05, 0.1) is 6.10 Å². The number of carbonyl (C=O) groups excluding carboxylic acids is 1. The summed E-state index contributed by atoms with van der Waals surface area (Å²) in [4.78, 5) is 12.6. The number of fused-ring (bicyclic) bond motifs is 2. The molecule has 0 aromatic heterocycles. The van der Waals surface area contributed by atoms with Crippen LogP contribution in [0.4, 0.5) is 0 Å². The SMILES string of the molecule is CC(C)Oc1ccccc1CNC(=O)C1CC2CCCC(C1)C2N.Cl. The number of para-hydroxylation sites is 1. The molecule has 0 aliphatic heterocycles. The Morgan fingerprint density at radius 1 is 1.24 bits per heavy atom. The first-order valence-corrected chi connectivity index (χ1v) is 9.32. The summed E-state index contributed by atoms with van der Waals surface area (Å²) in [5.41, 5.74) is 7.36. The van der Waals surface area contributed by atoms with E-state index in [4.69, 9.17) is 10.5 Å². The van der Waals surface area contributed by atoms with Crippen LogP contribution in [0, 0.1) is 17.8 Å². The summed E-state index contributed by atoms with van der Waals surface area (Å²) in [6.45, 7) is 4.55. The molecular formula is C20H31ClN2O2. The van der Waals surface area contributed by atoms with Crippen molar-refractivity contribution in [2.75, 3.05) is 0 Å². The molecule has 5 heteroatoms. The van der Waals surface area contributed by atoms with Crippen molar-refractivity contribution >= 4 is 18.3 Å². The monoisotopic (exact) mass is 366 g/mol.